The van der Waals surface area contributed by atoms with Crippen molar-refractivity contribution in [1.29, 1.82) is 0 Å². The number of ether oxygens (including phenoxy) is 1. The fourth-order valence-corrected chi connectivity index (χ4v) is 2.38. The minimum Gasteiger partial charge on any atom is -0.460 e. The predicted molar refractivity (Wildman–Crippen MR) is 91.4 cm³/mol. The molecule has 0 spiro atoms. The molecule has 0 bridgehead atoms. The van der Waals surface area contributed by atoms with E-state index in [1.807, 2.05) is 19.9 Å². The predicted octanol–water partition coefficient (Wildman–Crippen LogP) is 6.20. The molecule has 0 N–H and O–H groups in total. The highest BCUT2D eigenvalue weighted by molar-refractivity contribution is 5.81. The van der Waals surface area contributed by atoms with Crippen LogP contribution in [-0.2, 0) is 9.53 Å². The minimum atomic E-state index is -0.215. The summed E-state index contributed by atoms with van der Waals surface area (Å²) in [6, 6.07) is 0. The van der Waals surface area contributed by atoms with E-state index in [-0.39, 0.29) is 12.1 Å². The zero-order valence-corrected chi connectivity index (χ0v) is 14.5. The maximum absolute atomic E-state index is 11.2. The Morgan fingerprint density at radius 3 is 1.81 bits per heavy atom. The second kappa shape index (κ2) is 15.6. The molecule has 0 radical (unpaired) electrons. The Hall–Kier alpha value is -0.790. The number of hydrogen-bond acceptors (Lipinski definition) is 2. The van der Waals surface area contributed by atoms with Gasteiger partial charge in [-0.25, -0.2) is 4.79 Å². The van der Waals surface area contributed by atoms with E-state index in [0.717, 1.165) is 6.42 Å². The van der Waals surface area contributed by atoms with Gasteiger partial charge in [-0.1, -0.05) is 77.2 Å². The Kier molecular flexibility index (Phi) is 15.0. The first-order chi connectivity index (χ1) is 10.2. The highest BCUT2D eigenvalue weighted by Crippen LogP contribution is 2.12. The molecule has 0 aliphatic carbocycles. The second-order valence-corrected chi connectivity index (χ2v) is 6.21. The van der Waals surface area contributed by atoms with Gasteiger partial charge in [0, 0.05) is 6.08 Å². The third kappa shape index (κ3) is 17.2. The number of rotatable bonds is 14. The van der Waals surface area contributed by atoms with Crippen LogP contribution in [0.5, 0.6) is 0 Å². The van der Waals surface area contributed by atoms with Gasteiger partial charge in [-0.2, -0.15) is 0 Å². The summed E-state index contributed by atoms with van der Waals surface area (Å²) in [5.74, 6) is -0.215. The van der Waals surface area contributed by atoms with E-state index in [2.05, 4.69) is 6.92 Å². The first-order valence-electron chi connectivity index (χ1n) is 9.04. The molecule has 0 amide bonds. The van der Waals surface area contributed by atoms with E-state index in [9.17, 15) is 4.79 Å². The standard InChI is InChI=1S/C19H36O2/c1-4-5-6-7-8-9-10-11-12-13-14-15-16-17-19(20)21-18(2)3/h16-18H,4-15H2,1-3H3/b17-16+. The monoisotopic (exact) mass is 296 g/mol. The molecule has 0 fully saturated rings. The number of unbranched alkanes of at least 4 members (excludes halogenated alkanes) is 11. The van der Waals surface area contributed by atoms with Crippen LogP contribution in [0.3, 0.4) is 0 Å². The zero-order chi connectivity index (χ0) is 15.8. The molecule has 0 aromatic rings. The average Bonchev–Trinajstić information content (AvgIpc) is 2.43. The molecule has 0 aliphatic rings. The first kappa shape index (κ1) is 20.2. The van der Waals surface area contributed by atoms with Crippen molar-refractivity contribution in [1.82, 2.24) is 0 Å². The minimum absolute atomic E-state index is 0.0240. The van der Waals surface area contributed by atoms with Gasteiger partial charge in [-0.3, -0.25) is 0 Å². The van der Waals surface area contributed by atoms with Crippen LogP contribution in [0.25, 0.3) is 0 Å². The molecular weight excluding hydrogens is 260 g/mol. The van der Waals surface area contributed by atoms with Crippen molar-refractivity contribution in [2.24, 2.45) is 0 Å². The molecular formula is C19H36O2. The van der Waals surface area contributed by atoms with Crippen molar-refractivity contribution in [3.8, 4) is 0 Å². The van der Waals surface area contributed by atoms with Gasteiger partial charge >= 0.3 is 5.97 Å². The van der Waals surface area contributed by atoms with Crippen molar-refractivity contribution in [3.63, 3.8) is 0 Å². The van der Waals surface area contributed by atoms with Gasteiger partial charge in [0.2, 0.25) is 0 Å². The molecule has 0 saturated carbocycles. The highest BCUT2D eigenvalue weighted by atomic mass is 16.5. The van der Waals surface area contributed by atoms with Gasteiger partial charge in [-0.15, -0.1) is 0 Å². The smallest absolute Gasteiger partial charge is 0.330 e. The molecule has 0 rings (SSSR count). The largest absolute Gasteiger partial charge is 0.460 e. The summed E-state index contributed by atoms with van der Waals surface area (Å²) in [5, 5.41) is 0. The molecule has 2 heteroatoms. The lowest BCUT2D eigenvalue weighted by molar-refractivity contribution is -0.141. The summed E-state index contributed by atoms with van der Waals surface area (Å²) in [6.45, 7) is 6.01. The Balaban J connectivity index is 3.18. The van der Waals surface area contributed by atoms with Crippen LogP contribution < -0.4 is 0 Å². The summed E-state index contributed by atoms with van der Waals surface area (Å²) in [5.41, 5.74) is 0. The SMILES string of the molecule is CCCCCCCCCCCCC/C=C/C(=O)OC(C)C. The van der Waals surface area contributed by atoms with Crippen LogP contribution in [0, 0.1) is 0 Å². The number of carbonyl (C=O) groups is 1. The lowest BCUT2D eigenvalue weighted by Gasteiger charge is -2.04. The molecule has 0 aliphatic heterocycles. The quantitative estimate of drug-likeness (QED) is 0.217. The van der Waals surface area contributed by atoms with Gasteiger partial charge in [0.15, 0.2) is 0 Å². The van der Waals surface area contributed by atoms with Crippen LogP contribution in [0.1, 0.15) is 97.8 Å². The molecule has 0 heterocycles. The van der Waals surface area contributed by atoms with Crippen molar-refractivity contribution < 1.29 is 9.53 Å². The van der Waals surface area contributed by atoms with E-state index >= 15 is 0 Å². The van der Waals surface area contributed by atoms with E-state index in [1.54, 1.807) is 6.08 Å². The number of carbonyl (C=O) groups excluding carboxylic acids is 1. The van der Waals surface area contributed by atoms with Crippen LogP contribution in [-0.4, -0.2) is 12.1 Å². The number of hydrogen-bond donors (Lipinski definition) is 0. The summed E-state index contributed by atoms with van der Waals surface area (Å²) < 4.78 is 5.03. The van der Waals surface area contributed by atoms with E-state index in [4.69, 9.17) is 4.74 Å². The summed E-state index contributed by atoms with van der Waals surface area (Å²) in [4.78, 5) is 11.2. The Morgan fingerprint density at radius 2 is 1.33 bits per heavy atom. The lowest BCUT2D eigenvalue weighted by atomic mass is 10.1. The van der Waals surface area contributed by atoms with Crippen molar-refractivity contribution in [2.45, 2.75) is 104 Å². The van der Waals surface area contributed by atoms with Gasteiger partial charge in [0.1, 0.15) is 0 Å². The Morgan fingerprint density at radius 1 is 0.857 bits per heavy atom. The van der Waals surface area contributed by atoms with Crippen molar-refractivity contribution in [2.75, 3.05) is 0 Å². The third-order valence-electron chi connectivity index (χ3n) is 3.58. The molecule has 0 aromatic carbocycles. The van der Waals surface area contributed by atoms with Crippen LogP contribution in [0.15, 0.2) is 12.2 Å². The van der Waals surface area contributed by atoms with E-state index in [0.29, 0.717) is 0 Å². The van der Waals surface area contributed by atoms with Crippen LogP contribution >= 0.6 is 0 Å². The topological polar surface area (TPSA) is 26.3 Å². The molecule has 124 valence electrons. The second-order valence-electron chi connectivity index (χ2n) is 6.21. The Labute approximate surface area is 132 Å². The summed E-state index contributed by atoms with van der Waals surface area (Å²) >= 11 is 0. The van der Waals surface area contributed by atoms with Crippen LogP contribution in [0.4, 0.5) is 0 Å². The molecule has 0 aromatic heterocycles. The number of allylic oxidation sites excluding steroid dienone is 1. The van der Waals surface area contributed by atoms with Crippen molar-refractivity contribution in [3.05, 3.63) is 12.2 Å². The van der Waals surface area contributed by atoms with E-state index in [1.165, 1.54) is 70.6 Å². The number of esters is 1. The fourth-order valence-electron chi connectivity index (χ4n) is 2.38. The molecule has 0 atom stereocenters. The normalized spacial score (nSPS) is 11.4. The highest BCUT2D eigenvalue weighted by Gasteiger charge is 1.98. The summed E-state index contributed by atoms with van der Waals surface area (Å²) in [6.07, 6.45) is 19.4. The maximum atomic E-state index is 11.2. The van der Waals surface area contributed by atoms with Gasteiger partial charge in [0.05, 0.1) is 6.10 Å². The third-order valence-corrected chi connectivity index (χ3v) is 3.58. The molecule has 2 nitrogen and oxygen atoms in total. The first-order valence-corrected chi connectivity index (χ1v) is 9.04. The van der Waals surface area contributed by atoms with Gasteiger partial charge in [0.25, 0.3) is 0 Å². The molecule has 21 heavy (non-hydrogen) atoms. The maximum Gasteiger partial charge on any atom is 0.330 e. The van der Waals surface area contributed by atoms with Gasteiger partial charge in [-0.05, 0) is 26.7 Å². The van der Waals surface area contributed by atoms with Crippen LogP contribution in [0.2, 0.25) is 0 Å². The van der Waals surface area contributed by atoms with E-state index < -0.39 is 0 Å². The zero-order valence-electron chi connectivity index (χ0n) is 14.5. The molecule has 0 unspecified atom stereocenters. The fraction of sp³-hybridized carbons (Fsp3) is 0.842. The Bertz CT molecular complexity index is 256. The average molecular weight is 296 g/mol. The summed E-state index contributed by atoms with van der Waals surface area (Å²) in [7, 11) is 0. The lowest BCUT2D eigenvalue weighted by Crippen LogP contribution is -2.08. The molecule has 0 saturated heterocycles. The van der Waals surface area contributed by atoms with Gasteiger partial charge < -0.3 is 4.74 Å². The van der Waals surface area contributed by atoms with Crippen molar-refractivity contribution >= 4 is 5.97 Å².